The molecule has 1 aromatic carbocycles. The zero-order chi connectivity index (χ0) is 20.8. The summed E-state index contributed by atoms with van der Waals surface area (Å²) < 4.78 is 39.1. The van der Waals surface area contributed by atoms with Crippen LogP contribution in [0.15, 0.2) is 30.5 Å². The van der Waals surface area contributed by atoms with E-state index in [1.807, 2.05) is 0 Å². The van der Waals surface area contributed by atoms with E-state index in [0.717, 1.165) is 25.0 Å². The van der Waals surface area contributed by atoms with E-state index in [9.17, 15) is 22.8 Å². The minimum atomic E-state index is -4.49. The lowest BCUT2D eigenvalue weighted by atomic mass is 10.1. The standard InChI is InChI=1S/C19H18F3N5O2/c1-25-14-10-23-16(12-5-4-6-13(9-12)19(20,21)22)24-17(14)27(15(25)11-28)18(29)26-7-2-3-8-26/h4-6,9-11,15H,2-3,7-8H2,1H3. The van der Waals surface area contributed by atoms with Gasteiger partial charge in [0, 0.05) is 25.7 Å². The lowest BCUT2D eigenvalue weighted by molar-refractivity contribution is -0.137. The number of urea groups is 1. The zero-order valence-electron chi connectivity index (χ0n) is 15.6. The molecule has 10 heteroatoms. The van der Waals surface area contributed by atoms with E-state index in [1.165, 1.54) is 23.2 Å². The molecule has 3 heterocycles. The Morgan fingerprint density at radius 1 is 1.24 bits per heavy atom. The number of amides is 2. The maximum Gasteiger partial charge on any atom is 0.416 e. The minimum absolute atomic E-state index is 0.0500. The Kier molecular flexibility index (Phi) is 4.64. The molecular weight excluding hydrogens is 387 g/mol. The van der Waals surface area contributed by atoms with Crippen LogP contribution in [0.1, 0.15) is 18.4 Å². The van der Waals surface area contributed by atoms with Crippen LogP contribution in [0.2, 0.25) is 0 Å². The van der Waals surface area contributed by atoms with Crippen LogP contribution >= 0.6 is 0 Å². The van der Waals surface area contributed by atoms with Gasteiger partial charge in [-0.3, -0.25) is 4.79 Å². The number of rotatable bonds is 2. The van der Waals surface area contributed by atoms with E-state index in [-0.39, 0.29) is 23.2 Å². The third kappa shape index (κ3) is 3.28. The molecule has 0 N–H and O–H groups in total. The highest BCUT2D eigenvalue weighted by molar-refractivity contribution is 6.02. The monoisotopic (exact) mass is 405 g/mol. The fourth-order valence-electron chi connectivity index (χ4n) is 3.62. The molecule has 2 amide bonds. The molecule has 2 aliphatic rings. The number of carbonyl (C=O) groups excluding carboxylic acids is 2. The zero-order valence-corrected chi connectivity index (χ0v) is 15.6. The third-order valence-electron chi connectivity index (χ3n) is 5.17. The number of hydrogen-bond acceptors (Lipinski definition) is 5. The molecule has 0 aliphatic carbocycles. The Balaban J connectivity index is 1.76. The fourth-order valence-corrected chi connectivity index (χ4v) is 3.62. The first-order valence-corrected chi connectivity index (χ1v) is 9.12. The Morgan fingerprint density at radius 2 is 1.97 bits per heavy atom. The molecule has 29 heavy (non-hydrogen) atoms. The molecule has 1 saturated heterocycles. The number of aromatic nitrogens is 2. The van der Waals surface area contributed by atoms with Crippen molar-refractivity contribution >= 4 is 23.8 Å². The largest absolute Gasteiger partial charge is 0.416 e. The fraction of sp³-hybridized carbons (Fsp3) is 0.368. The van der Waals surface area contributed by atoms with Crippen molar-refractivity contribution in [2.24, 2.45) is 0 Å². The van der Waals surface area contributed by atoms with Gasteiger partial charge in [0.1, 0.15) is 5.69 Å². The highest BCUT2D eigenvalue weighted by Gasteiger charge is 2.42. The Hall–Kier alpha value is -3.17. The second-order valence-electron chi connectivity index (χ2n) is 6.99. The van der Waals surface area contributed by atoms with Gasteiger partial charge in [-0.1, -0.05) is 12.1 Å². The summed E-state index contributed by atoms with van der Waals surface area (Å²) in [6.07, 6.45) is -1.55. The predicted molar refractivity (Wildman–Crippen MR) is 99.4 cm³/mol. The number of hydrogen-bond donors (Lipinski definition) is 0. The van der Waals surface area contributed by atoms with Crippen molar-refractivity contribution in [1.29, 1.82) is 0 Å². The average Bonchev–Trinajstić information content (AvgIpc) is 3.33. The Labute approximate surface area is 164 Å². The molecule has 7 nitrogen and oxygen atoms in total. The second-order valence-corrected chi connectivity index (χ2v) is 6.99. The highest BCUT2D eigenvalue weighted by Crippen LogP contribution is 2.39. The van der Waals surface area contributed by atoms with Crippen LogP contribution in [0.4, 0.5) is 29.5 Å². The van der Waals surface area contributed by atoms with Crippen LogP contribution in [0, 0.1) is 0 Å². The maximum absolute atomic E-state index is 13.0. The SMILES string of the molecule is CN1c2cnc(-c3cccc(C(F)(F)F)c3)nc2N(C(=O)N2CCCC2)C1C=O. The summed E-state index contributed by atoms with van der Waals surface area (Å²) in [6.45, 7) is 1.18. The number of likely N-dealkylation sites (N-methyl/N-ethyl adjacent to an activating group) is 1. The summed E-state index contributed by atoms with van der Waals surface area (Å²) in [5.74, 6) is 0.262. The molecular formula is C19H18F3N5O2. The molecule has 0 radical (unpaired) electrons. The van der Waals surface area contributed by atoms with Crippen molar-refractivity contribution in [3.05, 3.63) is 36.0 Å². The van der Waals surface area contributed by atoms with Crippen molar-refractivity contribution in [2.75, 3.05) is 29.9 Å². The van der Waals surface area contributed by atoms with Gasteiger partial charge < -0.3 is 9.80 Å². The number of carbonyl (C=O) groups is 2. The number of nitrogens with zero attached hydrogens (tertiary/aromatic N) is 5. The van der Waals surface area contributed by atoms with Gasteiger partial charge in [0.05, 0.1) is 11.8 Å². The van der Waals surface area contributed by atoms with E-state index in [2.05, 4.69) is 9.97 Å². The van der Waals surface area contributed by atoms with Crippen molar-refractivity contribution in [1.82, 2.24) is 14.9 Å². The molecule has 0 saturated carbocycles. The molecule has 1 unspecified atom stereocenters. The van der Waals surface area contributed by atoms with Gasteiger partial charge in [-0.2, -0.15) is 13.2 Å². The Morgan fingerprint density at radius 3 is 2.62 bits per heavy atom. The van der Waals surface area contributed by atoms with Crippen LogP contribution in [0.5, 0.6) is 0 Å². The van der Waals surface area contributed by atoms with Crippen molar-refractivity contribution in [2.45, 2.75) is 25.2 Å². The number of fused-ring (bicyclic) bond motifs is 1. The van der Waals surface area contributed by atoms with Gasteiger partial charge in [0.25, 0.3) is 0 Å². The van der Waals surface area contributed by atoms with E-state index in [4.69, 9.17) is 0 Å². The van der Waals surface area contributed by atoms with Crippen molar-refractivity contribution < 1.29 is 22.8 Å². The predicted octanol–water partition coefficient (Wildman–Crippen LogP) is 3.16. The molecule has 2 aromatic rings. The van der Waals surface area contributed by atoms with E-state index < -0.39 is 17.9 Å². The first-order valence-electron chi connectivity index (χ1n) is 9.12. The van der Waals surface area contributed by atoms with Crippen molar-refractivity contribution in [3.63, 3.8) is 0 Å². The van der Waals surface area contributed by atoms with E-state index >= 15 is 0 Å². The molecule has 0 bridgehead atoms. The van der Waals surface area contributed by atoms with Gasteiger partial charge in [-0.05, 0) is 25.0 Å². The number of halogens is 3. The van der Waals surface area contributed by atoms with Crippen LogP contribution in [-0.2, 0) is 11.0 Å². The van der Waals surface area contributed by atoms with E-state index in [0.29, 0.717) is 25.1 Å². The summed E-state index contributed by atoms with van der Waals surface area (Å²) >= 11 is 0. The average molecular weight is 405 g/mol. The summed E-state index contributed by atoms with van der Waals surface area (Å²) in [5, 5.41) is 0. The second kappa shape index (κ2) is 7.02. The molecule has 1 atom stereocenters. The lowest BCUT2D eigenvalue weighted by Gasteiger charge is -2.28. The first-order chi connectivity index (χ1) is 13.8. The molecule has 4 rings (SSSR count). The topological polar surface area (TPSA) is 69.6 Å². The van der Waals surface area contributed by atoms with Gasteiger partial charge in [0.15, 0.2) is 24.1 Å². The van der Waals surface area contributed by atoms with Gasteiger partial charge >= 0.3 is 12.2 Å². The number of aldehydes is 1. The smallest absolute Gasteiger partial charge is 0.344 e. The number of alkyl halides is 3. The van der Waals surface area contributed by atoms with Gasteiger partial charge in [-0.25, -0.2) is 19.7 Å². The normalized spacial score (nSPS) is 18.9. The minimum Gasteiger partial charge on any atom is -0.344 e. The van der Waals surface area contributed by atoms with Gasteiger partial charge in [-0.15, -0.1) is 0 Å². The van der Waals surface area contributed by atoms with E-state index in [1.54, 1.807) is 16.8 Å². The highest BCUT2D eigenvalue weighted by atomic mass is 19.4. The number of anilines is 2. The van der Waals surface area contributed by atoms with Gasteiger partial charge in [0.2, 0.25) is 0 Å². The maximum atomic E-state index is 13.0. The molecule has 0 spiro atoms. The van der Waals surface area contributed by atoms with Crippen LogP contribution in [0.3, 0.4) is 0 Å². The molecule has 1 fully saturated rings. The number of likely N-dealkylation sites (tertiary alicyclic amines) is 1. The Bertz CT molecular complexity index is 959. The summed E-state index contributed by atoms with van der Waals surface area (Å²) in [4.78, 5) is 37.8. The summed E-state index contributed by atoms with van der Waals surface area (Å²) in [5.41, 5.74) is -0.175. The van der Waals surface area contributed by atoms with Crippen molar-refractivity contribution in [3.8, 4) is 11.4 Å². The van der Waals surface area contributed by atoms with Crippen LogP contribution < -0.4 is 9.80 Å². The summed E-state index contributed by atoms with van der Waals surface area (Å²) in [6, 6.07) is 4.33. The quantitative estimate of drug-likeness (QED) is 0.718. The third-order valence-corrected chi connectivity index (χ3v) is 5.17. The molecule has 2 aliphatic heterocycles. The summed E-state index contributed by atoms with van der Waals surface area (Å²) in [7, 11) is 1.64. The molecule has 1 aromatic heterocycles. The molecule has 152 valence electrons. The van der Waals surface area contributed by atoms with Crippen LogP contribution in [-0.4, -0.2) is 53.5 Å². The van der Waals surface area contributed by atoms with Crippen LogP contribution in [0.25, 0.3) is 11.4 Å². The lowest BCUT2D eigenvalue weighted by Crippen LogP contribution is -2.51. The first kappa shape index (κ1) is 19.2. The number of benzene rings is 1.